The average Bonchev–Trinajstić information content (AvgIpc) is 3.74. The first kappa shape index (κ1) is 31.3. The van der Waals surface area contributed by atoms with Crippen LogP contribution in [0.3, 0.4) is 0 Å². The molecule has 256 valence electrons. The Kier molecular flexibility index (Phi) is 7.08. The Balaban J connectivity index is 1.06. The second-order valence-corrected chi connectivity index (χ2v) is 14.4. The number of aromatic nitrogens is 3. The van der Waals surface area contributed by atoms with Crippen molar-refractivity contribution in [2.45, 2.75) is 5.41 Å². The molecule has 0 unspecified atom stereocenters. The smallest absolute Gasteiger partial charge is 0.161 e. The Morgan fingerprint density at radius 1 is 0.309 bits per heavy atom. The van der Waals surface area contributed by atoms with Crippen molar-refractivity contribution < 1.29 is 0 Å². The zero-order valence-electron chi connectivity index (χ0n) is 29.9. The summed E-state index contributed by atoms with van der Waals surface area (Å²) >= 11 is 0. The van der Waals surface area contributed by atoms with Crippen LogP contribution in [0.2, 0.25) is 0 Å². The van der Waals surface area contributed by atoms with Crippen molar-refractivity contribution in [1.29, 1.82) is 0 Å². The molecule has 0 fully saturated rings. The maximum Gasteiger partial charge on any atom is 0.161 e. The van der Waals surface area contributed by atoms with Crippen LogP contribution < -0.4 is 0 Å². The van der Waals surface area contributed by atoms with Gasteiger partial charge in [-0.1, -0.05) is 152 Å². The minimum Gasteiger partial charge on any atom is -0.264 e. The summed E-state index contributed by atoms with van der Waals surface area (Å²) < 4.78 is 0. The Hall–Kier alpha value is -7.23. The molecular weight excluding hydrogens is 667 g/mol. The molecule has 3 heteroatoms. The maximum absolute atomic E-state index is 5.16. The van der Waals surface area contributed by atoms with Crippen LogP contribution in [0.4, 0.5) is 0 Å². The summed E-state index contributed by atoms with van der Waals surface area (Å²) in [5.74, 6) is 0.645. The zero-order valence-corrected chi connectivity index (χ0v) is 29.9. The van der Waals surface area contributed by atoms with E-state index >= 15 is 0 Å². The van der Waals surface area contributed by atoms with E-state index in [9.17, 15) is 0 Å². The van der Waals surface area contributed by atoms with E-state index in [-0.39, 0.29) is 5.41 Å². The van der Waals surface area contributed by atoms with Crippen molar-refractivity contribution in [3.05, 3.63) is 223 Å². The third kappa shape index (κ3) is 4.87. The predicted molar refractivity (Wildman–Crippen MR) is 223 cm³/mol. The zero-order chi connectivity index (χ0) is 36.3. The van der Waals surface area contributed by atoms with Gasteiger partial charge in [-0.2, -0.15) is 0 Å². The van der Waals surface area contributed by atoms with Crippen molar-refractivity contribution in [3.8, 4) is 78.4 Å². The third-order valence-electron chi connectivity index (χ3n) is 11.4. The molecule has 2 aliphatic rings. The third-order valence-corrected chi connectivity index (χ3v) is 11.4. The van der Waals surface area contributed by atoms with Gasteiger partial charge in [0.2, 0.25) is 0 Å². The molecular formula is C52H33N3. The first-order valence-electron chi connectivity index (χ1n) is 18.8. The van der Waals surface area contributed by atoms with Gasteiger partial charge in [0.25, 0.3) is 0 Å². The highest BCUT2D eigenvalue weighted by Gasteiger charge is 2.51. The molecule has 2 aliphatic carbocycles. The van der Waals surface area contributed by atoms with Gasteiger partial charge in [0, 0.05) is 29.1 Å². The maximum atomic E-state index is 5.16. The Morgan fingerprint density at radius 2 is 0.782 bits per heavy atom. The fraction of sp³-hybridized carbons (Fsp3) is 0.0192. The highest BCUT2D eigenvalue weighted by molar-refractivity contribution is 5.96. The normalized spacial score (nSPS) is 12.9. The molecule has 0 amide bonds. The molecule has 7 aromatic carbocycles. The number of rotatable bonds is 5. The van der Waals surface area contributed by atoms with Gasteiger partial charge < -0.3 is 0 Å². The van der Waals surface area contributed by atoms with Crippen molar-refractivity contribution in [2.24, 2.45) is 0 Å². The van der Waals surface area contributed by atoms with Gasteiger partial charge >= 0.3 is 0 Å². The van der Waals surface area contributed by atoms with Crippen LogP contribution >= 0.6 is 0 Å². The molecule has 0 aliphatic heterocycles. The first-order valence-corrected chi connectivity index (χ1v) is 18.8. The number of nitrogens with zero attached hydrogens (tertiary/aromatic N) is 3. The fourth-order valence-corrected chi connectivity index (χ4v) is 8.99. The lowest BCUT2D eigenvalue weighted by Crippen LogP contribution is -2.25. The Bertz CT molecular complexity index is 2870. The average molecular weight is 700 g/mol. The monoisotopic (exact) mass is 699 g/mol. The summed E-state index contributed by atoms with van der Waals surface area (Å²) in [6.07, 6.45) is 3.61. The van der Waals surface area contributed by atoms with E-state index in [0.29, 0.717) is 5.82 Å². The van der Waals surface area contributed by atoms with Gasteiger partial charge in [-0.05, 0) is 103 Å². The molecule has 55 heavy (non-hydrogen) atoms. The Labute approximate surface area is 320 Å². The van der Waals surface area contributed by atoms with Crippen molar-refractivity contribution in [2.75, 3.05) is 0 Å². The molecule has 0 radical (unpaired) electrons. The van der Waals surface area contributed by atoms with Gasteiger partial charge in [-0.25, -0.2) is 9.97 Å². The molecule has 9 aromatic rings. The molecule has 0 atom stereocenters. The summed E-state index contributed by atoms with van der Waals surface area (Å²) in [4.78, 5) is 14.7. The van der Waals surface area contributed by atoms with Crippen molar-refractivity contribution in [3.63, 3.8) is 0 Å². The summed E-state index contributed by atoms with van der Waals surface area (Å²) in [5, 5.41) is 0. The van der Waals surface area contributed by atoms with Crippen LogP contribution in [-0.4, -0.2) is 15.0 Å². The van der Waals surface area contributed by atoms with E-state index in [1.807, 2.05) is 24.4 Å². The van der Waals surface area contributed by atoms with Crippen molar-refractivity contribution >= 4 is 0 Å². The number of hydrogen-bond donors (Lipinski definition) is 0. The number of fused-ring (bicyclic) bond motifs is 10. The fourth-order valence-electron chi connectivity index (χ4n) is 8.99. The van der Waals surface area contributed by atoms with Gasteiger partial charge in [-0.3, -0.25) is 4.98 Å². The van der Waals surface area contributed by atoms with Gasteiger partial charge in [0.15, 0.2) is 5.82 Å². The van der Waals surface area contributed by atoms with E-state index in [0.717, 1.165) is 39.2 Å². The molecule has 2 heterocycles. The molecule has 3 nitrogen and oxygen atoms in total. The lowest BCUT2D eigenvalue weighted by Gasteiger charge is -2.30. The Morgan fingerprint density at radius 3 is 1.36 bits per heavy atom. The van der Waals surface area contributed by atoms with Crippen molar-refractivity contribution in [1.82, 2.24) is 15.0 Å². The minimum atomic E-state index is -0.388. The highest BCUT2D eigenvalue weighted by atomic mass is 14.9. The van der Waals surface area contributed by atoms with Crippen LogP contribution in [0.1, 0.15) is 22.3 Å². The second kappa shape index (κ2) is 12.4. The van der Waals surface area contributed by atoms with E-state index < -0.39 is 0 Å². The molecule has 1 spiro atoms. The highest BCUT2D eigenvalue weighted by Crippen LogP contribution is 2.63. The number of benzene rings is 7. The molecule has 2 aromatic heterocycles. The van der Waals surface area contributed by atoms with Gasteiger partial charge in [0.05, 0.1) is 16.8 Å². The van der Waals surface area contributed by atoms with Crippen LogP contribution in [-0.2, 0) is 5.41 Å². The minimum absolute atomic E-state index is 0.388. The molecule has 0 saturated heterocycles. The van der Waals surface area contributed by atoms with Crippen LogP contribution in [0.5, 0.6) is 0 Å². The quantitative estimate of drug-likeness (QED) is 0.179. The second-order valence-electron chi connectivity index (χ2n) is 14.4. The molecule has 0 saturated carbocycles. The van der Waals surface area contributed by atoms with Crippen LogP contribution in [0, 0.1) is 0 Å². The molecule has 0 bridgehead atoms. The van der Waals surface area contributed by atoms with Crippen LogP contribution in [0.15, 0.2) is 200 Å². The van der Waals surface area contributed by atoms with E-state index in [1.54, 1.807) is 6.20 Å². The summed E-state index contributed by atoms with van der Waals surface area (Å²) in [7, 11) is 0. The summed E-state index contributed by atoms with van der Waals surface area (Å²) in [6.45, 7) is 0. The predicted octanol–water partition coefficient (Wildman–Crippen LogP) is 12.6. The summed E-state index contributed by atoms with van der Waals surface area (Å²) in [6, 6.07) is 67.8. The standard InChI is InChI=1S/C52H33N3/c1-2-13-34(14-3-1)35-15-10-17-38(29-35)49-32-50(55-51(54-49)40-19-12-28-53-33-40)39-18-11-16-36(30-39)37-26-27-44-43-22-6-9-25-47(43)52(48(44)31-37)45-23-7-4-20-41(45)42-21-5-8-24-46(42)52/h1-33H. The topological polar surface area (TPSA) is 38.7 Å². The van der Waals surface area contributed by atoms with E-state index in [1.165, 1.54) is 55.6 Å². The van der Waals surface area contributed by atoms with Crippen LogP contribution in [0.25, 0.3) is 78.4 Å². The van der Waals surface area contributed by atoms with E-state index in [2.05, 4.69) is 175 Å². The lowest BCUT2D eigenvalue weighted by atomic mass is 9.70. The van der Waals surface area contributed by atoms with Gasteiger partial charge in [0.1, 0.15) is 0 Å². The largest absolute Gasteiger partial charge is 0.264 e. The SMILES string of the molecule is c1ccc(-c2cccc(-c3cc(-c4cccc(-c5ccc6c(c5)C5(c7ccccc7-c7ccccc75)c5ccccc5-6)c4)nc(-c4cccnc4)n3)c2)cc1. The lowest BCUT2D eigenvalue weighted by molar-refractivity contribution is 0.794. The number of hydrogen-bond acceptors (Lipinski definition) is 3. The van der Waals surface area contributed by atoms with E-state index in [4.69, 9.17) is 9.97 Å². The molecule has 11 rings (SSSR count). The number of pyridine rings is 1. The molecule has 0 N–H and O–H groups in total. The summed E-state index contributed by atoms with van der Waals surface area (Å²) in [5.41, 5.74) is 19.5. The van der Waals surface area contributed by atoms with Gasteiger partial charge in [-0.15, -0.1) is 0 Å². The first-order chi connectivity index (χ1) is 27.3.